The van der Waals surface area contributed by atoms with Crippen LogP contribution in [0.25, 0.3) is 0 Å². The van der Waals surface area contributed by atoms with Gasteiger partial charge in [0.1, 0.15) is 6.04 Å². The first-order valence-corrected chi connectivity index (χ1v) is 6.30. The van der Waals surface area contributed by atoms with E-state index in [-0.39, 0.29) is 23.9 Å². The van der Waals surface area contributed by atoms with Crippen molar-refractivity contribution in [3.63, 3.8) is 0 Å². The minimum absolute atomic E-state index is 0.0675. The number of carbonyl (C=O) groups is 2. The molecule has 0 spiro atoms. The summed E-state index contributed by atoms with van der Waals surface area (Å²) >= 11 is 0. The molecule has 1 saturated carbocycles. The Kier molecular flexibility index (Phi) is 2.61. The molecule has 1 aliphatic heterocycles. The molecule has 0 radical (unpaired) electrons. The summed E-state index contributed by atoms with van der Waals surface area (Å²) in [6, 6.07) is 3.20. The average Bonchev–Trinajstić information content (AvgIpc) is 3.10. The lowest BCUT2D eigenvalue weighted by atomic mass is 9.97. The van der Waals surface area contributed by atoms with Crippen molar-refractivity contribution in [3.05, 3.63) is 24.2 Å². The quantitative estimate of drug-likeness (QED) is 0.850. The third-order valence-corrected chi connectivity index (χ3v) is 4.07. The van der Waals surface area contributed by atoms with E-state index in [2.05, 4.69) is 5.32 Å². The van der Waals surface area contributed by atoms with Gasteiger partial charge in [0.2, 0.25) is 5.91 Å². The Balaban J connectivity index is 1.89. The molecule has 2 aliphatic rings. The first-order valence-electron chi connectivity index (χ1n) is 6.30. The molecule has 1 aromatic rings. The standard InChI is InChI=1S/C13H16N2O3/c1-14-12(16)11-8-4-5-9(7-8)15(11)13(17)10-3-2-6-18-10/h2-3,6,8-9,11H,4-5,7H2,1H3,(H,14,16)/t8?,9?,11-/m0/s1. The van der Waals surface area contributed by atoms with Gasteiger partial charge >= 0.3 is 0 Å². The summed E-state index contributed by atoms with van der Waals surface area (Å²) in [6.07, 6.45) is 4.44. The van der Waals surface area contributed by atoms with E-state index >= 15 is 0 Å². The maximum Gasteiger partial charge on any atom is 0.290 e. The number of nitrogens with one attached hydrogen (secondary N) is 1. The van der Waals surface area contributed by atoms with Crippen molar-refractivity contribution in [1.29, 1.82) is 0 Å². The van der Waals surface area contributed by atoms with Crippen LogP contribution < -0.4 is 5.32 Å². The van der Waals surface area contributed by atoms with Gasteiger partial charge in [0, 0.05) is 13.1 Å². The third kappa shape index (κ3) is 1.54. The molecule has 3 atom stereocenters. The normalized spacial score (nSPS) is 29.6. The summed E-state index contributed by atoms with van der Waals surface area (Å²) in [7, 11) is 1.61. The van der Waals surface area contributed by atoms with Gasteiger partial charge in [-0.3, -0.25) is 9.59 Å². The number of carbonyl (C=O) groups excluding carboxylic acids is 2. The SMILES string of the molecule is CNC(=O)[C@@H]1C2CCC(C2)N1C(=O)c1ccco1. The first-order chi connectivity index (χ1) is 8.72. The van der Waals surface area contributed by atoms with E-state index < -0.39 is 0 Å². The number of hydrogen-bond acceptors (Lipinski definition) is 3. The van der Waals surface area contributed by atoms with E-state index in [1.54, 1.807) is 24.1 Å². The Morgan fingerprint density at radius 2 is 2.28 bits per heavy atom. The van der Waals surface area contributed by atoms with Crippen LogP contribution in [-0.4, -0.2) is 35.8 Å². The fourth-order valence-corrected chi connectivity index (χ4v) is 3.29. The smallest absolute Gasteiger partial charge is 0.290 e. The van der Waals surface area contributed by atoms with Crippen LogP contribution in [-0.2, 0) is 4.79 Å². The van der Waals surface area contributed by atoms with Crippen molar-refractivity contribution in [2.75, 3.05) is 7.05 Å². The minimum atomic E-state index is -0.327. The Morgan fingerprint density at radius 3 is 2.94 bits per heavy atom. The van der Waals surface area contributed by atoms with Crippen LogP contribution >= 0.6 is 0 Å². The summed E-state index contributed by atoms with van der Waals surface area (Å²) in [5, 5.41) is 2.66. The number of likely N-dealkylation sites (tertiary alicyclic amines) is 1. The number of nitrogens with zero attached hydrogens (tertiary/aromatic N) is 1. The topological polar surface area (TPSA) is 62.6 Å². The zero-order valence-corrected chi connectivity index (χ0v) is 10.3. The maximum absolute atomic E-state index is 12.4. The number of furan rings is 1. The van der Waals surface area contributed by atoms with E-state index in [9.17, 15) is 9.59 Å². The number of rotatable bonds is 2. The molecule has 2 bridgehead atoms. The highest BCUT2D eigenvalue weighted by Crippen LogP contribution is 2.43. The molecule has 1 aliphatic carbocycles. The second kappa shape index (κ2) is 4.15. The maximum atomic E-state index is 12.4. The van der Waals surface area contributed by atoms with Gasteiger partial charge in [-0.25, -0.2) is 0 Å². The van der Waals surface area contributed by atoms with Crippen LogP contribution in [0, 0.1) is 5.92 Å². The van der Waals surface area contributed by atoms with Crippen molar-refractivity contribution in [1.82, 2.24) is 10.2 Å². The van der Waals surface area contributed by atoms with Crippen LogP contribution in [0.5, 0.6) is 0 Å². The molecule has 5 heteroatoms. The molecule has 1 aromatic heterocycles. The fraction of sp³-hybridized carbons (Fsp3) is 0.538. The molecule has 0 aromatic carbocycles. The van der Waals surface area contributed by atoms with Crippen molar-refractivity contribution < 1.29 is 14.0 Å². The Labute approximate surface area is 105 Å². The minimum Gasteiger partial charge on any atom is -0.459 e. The van der Waals surface area contributed by atoms with Gasteiger partial charge in [0.05, 0.1) is 6.26 Å². The molecular formula is C13H16N2O3. The summed E-state index contributed by atoms with van der Waals surface area (Å²) in [5.74, 6) is 0.383. The van der Waals surface area contributed by atoms with Gasteiger partial charge in [-0.1, -0.05) is 0 Å². The molecule has 18 heavy (non-hydrogen) atoms. The van der Waals surface area contributed by atoms with E-state index in [0.29, 0.717) is 11.7 Å². The number of likely N-dealkylation sites (N-methyl/N-ethyl adjacent to an activating group) is 1. The molecule has 2 amide bonds. The van der Waals surface area contributed by atoms with Crippen LogP contribution in [0.2, 0.25) is 0 Å². The van der Waals surface area contributed by atoms with E-state index in [4.69, 9.17) is 4.42 Å². The fourth-order valence-electron chi connectivity index (χ4n) is 3.29. The van der Waals surface area contributed by atoms with Gasteiger partial charge in [0.25, 0.3) is 5.91 Å². The van der Waals surface area contributed by atoms with Gasteiger partial charge in [0.15, 0.2) is 5.76 Å². The number of amides is 2. The zero-order chi connectivity index (χ0) is 12.7. The lowest BCUT2D eigenvalue weighted by Gasteiger charge is -2.33. The molecule has 1 saturated heterocycles. The van der Waals surface area contributed by atoms with E-state index in [1.807, 2.05) is 0 Å². The largest absolute Gasteiger partial charge is 0.459 e. The molecule has 3 rings (SSSR count). The molecule has 5 nitrogen and oxygen atoms in total. The van der Waals surface area contributed by atoms with Crippen LogP contribution in [0.4, 0.5) is 0 Å². The van der Waals surface area contributed by atoms with E-state index in [0.717, 1.165) is 19.3 Å². The van der Waals surface area contributed by atoms with Crippen LogP contribution in [0.15, 0.2) is 22.8 Å². The van der Waals surface area contributed by atoms with Crippen molar-refractivity contribution in [3.8, 4) is 0 Å². The van der Waals surface area contributed by atoms with Crippen molar-refractivity contribution in [2.24, 2.45) is 5.92 Å². The number of hydrogen-bond donors (Lipinski definition) is 1. The van der Waals surface area contributed by atoms with Gasteiger partial charge in [-0.2, -0.15) is 0 Å². The molecule has 1 N–H and O–H groups in total. The molecule has 2 fully saturated rings. The first kappa shape index (κ1) is 11.3. The second-order valence-electron chi connectivity index (χ2n) is 4.98. The third-order valence-electron chi connectivity index (χ3n) is 4.07. The predicted molar refractivity (Wildman–Crippen MR) is 63.9 cm³/mol. The molecular weight excluding hydrogens is 232 g/mol. The highest BCUT2D eigenvalue weighted by atomic mass is 16.3. The Hall–Kier alpha value is -1.78. The van der Waals surface area contributed by atoms with Gasteiger partial charge < -0.3 is 14.6 Å². The van der Waals surface area contributed by atoms with E-state index in [1.165, 1.54) is 6.26 Å². The summed E-state index contributed by atoms with van der Waals surface area (Å²) < 4.78 is 5.15. The van der Waals surface area contributed by atoms with Gasteiger partial charge in [-0.05, 0) is 37.3 Å². The summed E-state index contributed by atoms with van der Waals surface area (Å²) in [4.78, 5) is 26.0. The number of fused-ring (bicyclic) bond motifs is 2. The molecule has 96 valence electrons. The van der Waals surface area contributed by atoms with Crippen LogP contribution in [0.3, 0.4) is 0 Å². The lowest BCUT2D eigenvalue weighted by Crippen LogP contribution is -2.52. The highest BCUT2D eigenvalue weighted by molar-refractivity contribution is 5.96. The Morgan fingerprint density at radius 1 is 1.44 bits per heavy atom. The predicted octanol–water partition coefficient (Wildman–Crippen LogP) is 1.02. The second-order valence-corrected chi connectivity index (χ2v) is 4.98. The van der Waals surface area contributed by atoms with Crippen LogP contribution in [0.1, 0.15) is 29.8 Å². The van der Waals surface area contributed by atoms with Crippen molar-refractivity contribution >= 4 is 11.8 Å². The molecule has 2 heterocycles. The average molecular weight is 248 g/mol. The summed E-state index contributed by atoms with van der Waals surface area (Å²) in [5.41, 5.74) is 0. The monoisotopic (exact) mass is 248 g/mol. The molecule has 2 unspecified atom stereocenters. The Bertz CT molecular complexity index is 469. The number of piperidine rings is 1. The highest BCUT2D eigenvalue weighted by Gasteiger charge is 2.51. The summed E-state index contributed by atoms with van der Waals surface area (Å²) in [6.45, 7) is 0. The lowest BCUT2D eigenvalue weighted by molar-refractivity contribution is -0.126. The van der Waals surface area contributed by atoms with Gasteiger partial charge in [-0.15, -0.1) is 0 Å². The zero-order valence-electron chi connectivity index (χ0n) is 10.3. The van der Waals surface area contributed by atoms with Crippen molar-refractivity contribution in [2.45, 2.75) is 31.3 Å².